The lowest BCUT2D eigenvalue weighted by Crippen LogP contribution is -2.35. The summed E-state index contributed by atoms with van der Waals surface area (Å²) in [5, 5.41) is 2.89. The normalized spacial score (nSPS) is 16.2. The van der Waals surface area contributed by atoms with Gasteiger partial charge >= 0.3 is 0 Å². The summed E-state index contributed by atoms with van der Waals surface area (Å²) < 4.78 is 26.7. The minimum absolute atomic E-state index is 0. The van der Waals surface area contributed by atoms with Crippen LogP contribution in [0.1, 0.15) is 24.8 Å². The zero-order valence-electron chi connectivity index (χ0n) is 13.6. The smallest absolute Gasteiger partial charge is 0.243 e. The van der Waals surface area contributed by atoms with Gasteiger partial charge in [0.1, 0.15) is 0 Å². The Morgan fingerprint density at radius 1 is 1.25 bits per heavy atom. The Morgan fingerprint density at radius 3 is 2.46 bits per heavy atom. The molecule has 1 aromatic rings. The number of hydrogen-bond acceptors (Lipinski definition) is 3. The van der Waals surface area contributed by atoms with Crippen LogP contribution in [0.25, 0.3) is 0 Å². The Bertz CT molecular complexity index is 653. The first-order valence-electron chi connectivity index (χ1n) is 7.78. The Kier molecular flexibility index (Phi) is 8.71. The van der Waals surface area contributed by atoms with E-state index in [1.54, 1.807) is 34.6 Å². The maximum atomic E-state index is 12.5. The fourth-order valence-corrected chi connectivity index (χ4v) is 3.95. The minimum atomic E-state index is -3.37. The third-order valence-corrected chi connectivity index (χ3v) is 5.65. The zero-order valence-corrected chi connectivity index (χ0v) is 16.8. The van der Waals surface area contributed by atoms with Gasteiger partial charge in [-0.3, -0.25) is 0 Å². The van der Waals surface area contributed by atoms with Crippen LogP contribution < -0.4 is 11.1 Å². The maximum Gasteiger partial charge on any atom is 0.243 e. The fourth-order valence-electron chi connectivity index (χ4n) is 2.43. The molecule has 0 amide bonds. The van der Waals surface area contributed by atoms with Gasteiger partial charge in [0, 0.05) is 19.6 Å². The van der Waals surface area contributed by atoms with Crippen molar-refractivity contribution in [1.82, 2.24) is 9.62 Å². The summed E-state index contributed by atoms with van der Waals surface area (Å²) in [7, 11) is -3.37. The molecule has 0 unspecified atom stereocenters. The van der Waals surface area contributed by atoms with Crippen molar-refractivity contribution in [3.05, 3.63) is 42.5 Å². The predicted octanol–water partition coefficient (Wildman–Crippen LogP) is 2.07. The molecule has 24 heavy (non-hydrogen) atoms. The number of rotatable bonds is 6. The van der Waals surface area contributed by atoms with Crippen molar-refractivity contribution >= 4 is 40.0 Å². The van der Waals surface area contributed by atoms with Crippen LogP contribution in [0, 0.1) is 0 Å². The van der Waals surface area contributed by atoms with E-state index in [4.69, 9.17) is 5.73 Å². The number of halogens is 1. The number of nitrogens with zero attached hydrogens (tertiary/aromatic N) is 2. The summed E-state index contributed by atoms with van der Waals surface area (Å²) in [6.45, 7) is 5.77. The highest BCUT2D eigenvalue weighted by Gasteiger charge is 2.25. The van der Waals surface area contributed by atoms with Crippen molar-refractivity contribution < 1.29 is 8.42 Å². The lowest BCUT2D eigenvalue weighted by molar-refractivity contribution is 0.346. The molecular formula is C16H25IN4O2S. The van der Waals surface area contributed by atoms with Gasteiger partial charge in [-0.1, -0.05) is 24.6 Å². The molecule has 0 bridgehead atoms. The van der Waals surface area contributed by atoms with Gasteiger partial charge in [-0.25, -0.2) is 13.4 Å². The Morgan fingerprint density at radius 2 is 1.88 bits per heavy atom. The molecule has 0 saturated carbocycles. The van der Waals surface area contributed by atoms with Crippen LogP contribution in [0.5, 0.6) is 0 Å². The minimum Gasteiger partial charge on any atom is -0.370 e. The molecule has 3 N–H and O–H groups in total. The highest BCUT2D eigenvalue weighted by Crippen LogP contribution is 2.20. The third-order valence-electron chi connectivity index (χ3n) is 3.74. The summed E-state index contributed by atoms with van der Waals surface area (Å²) in [5.74, 6) is 0.343. The van der Waals surface area contributed by atoms with Crippen LogP contribution >= 0.6 is 24.0 Å². The third kappa shape index (κ3) is 5.75. The van der Waals surface area contributed by atoms with Gasteiger partial charge in [-0.2, -0.15) is 4.31 Å². The van der Waals surface area contributed by atoms with Crippen LogP contribution in [0.2, 0.25) is 0 Å². The number of nitrogens with two attached hydrogens (primary N) is 1. The largest absolute Gasteiger partial charge is 0.370 e. The number of sulfonamides is 1. The number of nitrogens with one attached hydrogen (secondary N) is 1. The molecule has 1 aliphatic rings. The molecule has 1 saturated heterocycles. The van der Waals surface area contributed by atoms with E-state index in [9.17, 15) is 8.42 Å². The van der Waals surface area contributed by atoms with E-state index in [0.29, 0.717) is 37.0 Å². The number of benzene rings is 1. The molecule has 1 aromatic carbocycles. The Labute approximate surface area is 161 Å². The van der Waals surface area contributed by atoms with Crippen molar-refractivity contribution in [1.29, 1.82) is 0 Å². The standard InChI is InChI=1S/C16H24N4O2S.HI/c1-2-10-18-16(17)19-13-14-6-8-15(9-7-14)23(21,22)20-11-4-3-5-12-20;/h2,6-9H,1,3-5,10-13H2,(H3,17,18,19);1H. The van der Waals surface area contributed by atoms with E-state index >= 15 is 0 Å². The van der Waals surface area contributed by atoms with Gasteiger partial charge in [0.05, 0.1) is 11.4 Å². The van der Waals surface area contributed by atoms with Crippen LogP contribution in [0.15, 0.2) is 46.8 Å². The van der Waals surface area contributed by atoms with E-state index in [-0.39, 0.29) is 24.0 Å². The monoisotopic (exact) mass is 464 g/mol. The second kappa shape index (κ2) is 10.00. The number of piperidine rings is 1. The van der Waals surface area contributed by atoms with Gasteiger partial charge in [0.2, 0.25) is 10.0 Å². The van der Waals surface area contributed by atoms with Gasteiger partial charge in [0.15, 0.2) is 5.96 Å². The van der Waals surface area contributed by atoms with Gasteiger partial charge in [0.25, 0.3) is 0 Å². The van der Waals surface area contributed by atoms with Crippen LogP contribution in [0.4, 0.5) is 0 Å². The van der Waals surface area contributed by atoms with E-state index < -0.39 is 10.0 Å². The fraction of sp³-hybridized carbons (Fsp3) is 0.438. The van der Waals surface area contributed by atoms with E-state index in [0.717, 1.165) is 24.8 Å². The van der Waals surface area contributed by atoms with Crippen molar-refractivity contribution in [2.45, 2.75) is 30.7 Å². The summed E-state index contributed by atoms with van der Waals surface area (Å²) >= 11 is 0. The molecule has 0 aromatic heterocycles. The number of aliphatic imine (C=N–C) groups is 1. The second-order valence-corrected chi connectivity index (χ2v) is 7.42. The highest BCUT2D eigenvalue weighted by molar-refractivity contribution is 14.0. The molecule has 2 rings (SSSR count). The van der Waals surface area contributed by atoms with E-state index in [1.165, 1.54) is 0 Å². The Hall–Kier alpha value is -1.13. The molecule has 1 fully saturated rings. The summed E-state index contributed by atoms with van der Waals surface area (Å²) in [6.07, 6.45) is 4.67. The van der Waals surface area contributed by atoms with Crippen LogP contribution in [-0.4, -0.2) is 38.3 Å². The number of guanidine groups is 1. The molecule has 1 aliphatic heterocycles. The van der Waals surface area contributed by atoms with Gasteiger partial charge < -0.3 is 11.1 Å². The lowest BCUT2D eigenvalue weighted by atomic mass is 10.2. The molecule has 1 heterocycles. The van der Waals surface area contributed by atoms with Crippen molar-refractivity contribution in [2.75, 3.05) is 19.6 Å². The zero-order chi connectivity index (χ0) is 16.7. The molecule has 6 nitrogen and oxygen atoms in total. The predicted molar refractivity (Wildman–Crippen MR) is 108 cm³/mol. The van der Waals surface area contributed by atoms with Gasteiger partial charge in [-0.05, 0) is 30.5 Å². The molecule has 134 valence electrons. The topological polar surface area (TPSA) is 87.8 Å². The highest BCUT2D eigenvalue weighted by atomic mass is 127. The maximum absolute atomic E-state index is 12.5. The van der Waals surface area contributed by atoms with Gasteiger partial charge in [-0.15, -0.1) is 30.6 Å². The molecule has 8 heteroatoms. The SMILES string of the molecule is C=CCNC(N)=NCc1ccc(S(=O)(=O)N2CCCCC2)cc1.I. The van der Waals surface area contributed by atoms with Crippen LogP contribution in [0.3, 0.4) is 0 Å². The molecule has 0 spiro atoms. The average molecular weight is 464 g/mol. The van der Waals surface area contributed by atoms with Crippen molar-refractivity contribution in [3.8, 4) is 0 Å². The quantitative estimate of drug-likeness (QED) is 0.292. The Balaban J connectivity index is 0.00000288. The first-order valence-corrected chi connectivity index (χ1v) is 9.22. The molecule has 0 atom stereocenters. The van der Waals surface area contributed by atoms with E-state index in [1.807, 2.05) is 0 Å². The summed E-state index contributed by atoms with van der Waals surface area (Å²) in [5.41, 5.74) is 6.60. The van der Waals surface area contributed by atoms with Crippen molar-refractivity contribution in [3.63, 3.8) is 0 Å². The summed E-state index contributed by atoms with van der Waals surface area (Å²) in [6, 6.07) is 6.84. The van der Waals surface area contributed by atoms with Crippen LogP contribution in [-0.2, 0) is 16.6 Å². The first kappa shape index (κ1) is 20.9. The van der Waals surface area contributed by atoms with Crippen molar-refractivity contribution in [2.24, 2.45) is 10.7 Å². The lowest BCUT2D eigenvalue weighted by Gasteiger charge is -2.25. The molecule has 0 aliphatic carbocycles. The second-order valence-electron chi connectivity index (χ2n) is 5.48. The first-order chi connectivity index (χ1) is 11.0. The average Bonchev–Trinajstić information content (AvgIpc) is 2.59. The van der Waals surface area contributed by atoms with E-state index in [2.05, 4.69) is 16.9 Å². The molecule has 0 radical (unpaired) electrons. The summed E-state index contributed by atoms with van der Waals surface area (Å²) in [4.78, 5) is 4.53. The molecular weight excluding hydrogens is 439 g/mol. The number of hydrogen-bond donors (Lipinski definition) is 2.